The lowest BCUT2D eigenvalue weighted by Crippen LogP contribution is -2.40. The molecule has 0 fully saturated rings. The van der Waals surface area contributed by atoms with Gasteiger partial charge in [0.2, 0.25) is 0 Å². The molecule has 0 atom stereocenters. The minimum atomic E-state index is -0.650. The molecule has 1 N–H and O–H groups in total. The minimum absolute atomic E-state index is 0.0310. The Morgan fingerprint density at radius 1 is 1.23 bits per heavy atom. The van der Waals surface area contributed by atoms with Gasteiger partial charge in [-0.1, -0.05) is 0 Å². The Labute approximate surface area is 129 Å². The molecule has 0 aliphatic carbocycles. The van der Waals surface area contributed by atoms with Crippen molar-refractivity contribution in [3.05, 3.63) is 30.6 Å². The minimum Gasteiger partial charge on any atom is -0.335 e. The molecule has 0 saturated heterocycles. The largest absolute Gasteiger partial charge is 0.335 e. The van der Waals surface area contributed by atoms with Gasteiger partial charge >= 0.3 is 11.8 Å². The Balaban J connectivity index is 2.07. The summed E-state index contributed by atoms with van der Waals surface area (Å²) >= 11 is 0. The molecule has 116 valence electrons. The summed E-state index contributed by atoms with van der Waals surface area (Å²) in [6.07, 6.45) is 1.62. The van der Waals surface area contributed by atoms with Gasteiger partial charge in [0, 0.05) is 31.4 Å². The van der Waals surface area contributed by atoms with Crippen molar-refractivity contribution in [2.75, 3.05) is 12.4 Å². The topological polar surface area (TPSA) is 80.1 Å². The third-order valence-corrected chi connectivity index (χ3v) is 3.40. The van der Waals surface area contributed by atoms with Gasteiger partial charge in [-0.15, -0.1) is 10.2 Å². The van der Waals surface area contributed by atoms with Gasteiger partial charge in [-0.2, -0.15) is 0 Å². The fraction of sp³-hybridized carbons (Fsp3) is 0.333. The summed E-state index contributed by atoms with van der Waals surface area (Å²) in [5.41, 5.74) is 1.44. The average molecular weight is 301 g/mol. The van der Waals surface area contributed by atoms with Crippen LogP contribution in [0.4, 0.5) is 5.69 Å². The van der Waals surface area contributed by atoms with E-state index in [1.807, 2.05) is 33.0 Å². The first-order chi connectivity index (χ1) is 10.4. The van der Waals surface area contributed by atoms with E-state index in [4.69, 9.17) is 0 Å². The number of amides is 2. The van der Waals surface area contributed by atoms with Crippen LogP contribution in [-0.2, 0) is 16.6 Å². The normalized spacial score (nSPS) is 10.6. The number of rotatable bonds is 3. The highest BCUT2D eigenvalue weighted by Crippen LogP contribution is 2.18. The van der Waals surface area contributed by atoms with E-state index in [9.17, 15) is 9.59 Å². The standard InChI is InChI=1S/C15H19N5O2/c1-10(2)20(4)15(22)14(21)17-12-7-5-11(6-8-12)13-18-16-9-19(13)3/h5-10H,1-4H3,(H,17,21). The summed E-state index contributed by atoms with van der Waals surface area (Å²) in [6, 6.07) is 7.05. The molecule has 0 aliphatic heterocycles. The summed E-state index contributed by atoms with van der Waals surface area (Å²) in [5, 5.41) is 10.4. The lowest BCUT2D eigenvalue weighted by Gasteiger charge is -2.20. The van der Waals surface area contributed by atoms with E-state index in [1.165, 1.54) is 4.90 Å². The van der Waals surface area contributed by atoms with E-state index in [2.05, 4.69) is 15.5 Å². The first-order valence-electron chi connectivity index (χ1n) is 6.92. The predicted octanol–water partition coefficient (Wildman–Crippen LogP) is 1.29. The molecule has 1 heterocycles. The summed E-state index contributed by atoms with van der Waals surface area (Å²) in [4.78, 5) is 25.2. The zero-order valence-electron chi connectivity index (χ0n) is 13.1. The van der Waals surface area contributed by atoms with Gasteiger partial charge in [0.25, 0.3) is 0 Å². The van der Waals surface area contributed by atoms with Crippen LogP contribution < -0.4 is 5.32 Å². The number of hydrogen-bond donors (Lipinski definition) is 1. The second kappa shape index (κ2) is 6.38. The van der Waals surface area contributed by atoms with E-state index >= 15 is 0 Å². The Kier molecular flexibility index (Phi) is 4.55. The first kappa shape index (κ1) is 15.7. The maximum Gasteiger partial charge on any atom is 0.313 e. The zero-order chi connectivity index (χ0) is 16.3. The smallest absolute Gasteiger partial charge is 0.313 e. The molecule has 22 heavy (non-hydrogen) atoms. The number of aryl methyl sites for hydroxylation is 1. The van der Waals surface area contributed by atoms with Crippen LogP contribution in [0.2, 0.25) is 0 Å². The number of aromatic nitrogens is 3. The second-order valence-electron chi connectivity index (χ2n) is 5.31. The SMILES string of the molecule is CC(C)N(C)C(=O)C(=O)Nc1ccc(-c2nncn2C)cc1. The zero-order valence-corrected chi connectivity index (χ0v) is 13.1. The highest BCUT2D eigenvalue weighted by Gasteiger charge is 2.20. The average Bonchev–Trinajstić information content (AvgIpc) is 2.92. The Morgan fingerprint density at radius 2 is 1.86 bits per heavy atom. The van der Waals surface area contributed by atoms with Crippen LogP contribution in [0.25, 0.3) is 11.4 Å². The van der Waals surface area contributed by atoms with Crippen molar-refractivity contribution in [3.63, 3.8) is 0 Å². The molecule has 7 nitrogen and oxygen atoms in total. The van der Waals surface area contributed by atoms with Gasteiger partial charge in [0.15, 0.2) is 5.82 Å². The number of nitrogens with zero attached hydrogens (tertiary/aromatic N) is 4. The maximum atomic E-state index is 11.9. The molecule has 0 radical (unpaired) electrons. The number of carbonyl (C=O) groups excluding carboxylic acids is 2. The fourth-order valence-electron chi connectivity index (χ4n) is 1.83. The molecule has 2 amide bonds. The molecular weight excluding hydrogens is 282 g/mol. The van der Waals surface area contributed by atoms with Gasteiger partial charge in [-0.3, -0.25) is 9.59 Å². The van der Waals surface area contributed by atoms with Crippen LogP contribution >= 0.6 is 0 Å². The van der Waals surface area contributed by atoms with Crippen molar-refractivity contribution in [1.29, 1.82) is 0 Å². The van der Waals surface area contributed by atoms with Crippen molar-refractivity contribution >= 4 is 17.5 Å². The van der Waals surface area contributed by atoms with E-state index in [1.54, 1.807) is 30.1 Å². The van der Waals surface area contributed by atoms with Crippen molar-refractivity contribution in [2.24, 2.45) is 7.05 Å². The lowest BCUT2D eigenvalue weighted by atomic mass is 10.2. The molecule has 1 aromatic heterocycles. The van der Waals surface area contributed by atoms with Crippen LogP contribution in [0.1, 0.15) is 13.8 Å². The number of nitrogens with one attached hydrogen (secondary N) is 1. The predicted molar refractivity (Wildman–Crippen MR) is 83.0 cm³/mol. The van der Waals surface area contributed by atoms with Crippen molar-refractivity contribution < 1.29 is 9.59 Å². The third kappa shape index (κ3) is 3.30. The summed E-state index contributed by atoms with van der Waals surface area (Å²) < 4.78 is 1.80. The highest BCUT2D eigenvalue weighted by atomic mass is 16.2. The second-order valence-corrected chi connectivity index (χ2v) is 5.31. The van der Waals surface area contributed by atoms with Gasteiger partial charge in [-0.25, -0.2) is 0 Å². The van der Waals surface area contributed by atoms with Crippen LogP contribution in [0.5, 0.6) is 0 Å². The van der Waals surface area contributed by atoms with Gasteiger partial charge in [-0.05, 0) is 38.1 Å². The van der Waals surface area contributed by atoms with Crippen molar-refractivity contribution in [3.8, 4) is 11.4 Å². The van der Waals surface area contributed by atoms with Gasteiger partial charge < -0.3 is 14.8 Å². The molecule has 2 rings (SSSR count). The number of carbonyl (C=O) groups is 2. The number of benzene rings is 1. The van der Waals surface area contributed by atoms with Crippen molar-refractivity contribution in [2.45, 2.75) is 19.9 Å². The Hall–Kier alpha value is -2.70. The molecule has 0 bridgehead atoms. The number of hydrogen-bond acceptors (Lipinski definition) is 4. The monoisotopic (exact) mass is 301 g/mol. The van der Waals surface area contributed by atoms with E-state index < -0.39 is 11.8 Å². The summed E-state index contributed by atoms with van der Waals surface area (Å²) in [6.45, 7) is 3.70. The van der Waals surface area contributed by atoms with Crippen LogP contribution in [0.15, 0.2) is 30.6 Å². The lowest BCUT2D eigenvalue weighted by molar-refractivity contribution is -0.143. The van der Waals surface area contributed by atoms with Gasteiger partial charge in [0.05, 0.1) is 0 Å². The van der Waals surface area contributed by atoms with Gasteiger partial charge in [0.1, 0.15) is 6.33 Å². The summed E-state index contributed by atoms with van der Waals surface area (Å²) in [5.74, 6) is -0.483. The fourth-order valence-corrected chi connectivity index (χ4v) is 1.83. The van der Waals surface area contributed by atoms with Crippen LogP contribution in [0, 0.1) is 0 Å². The van der Waals surface area contributed by atoms with E-state index in [0.29, 0.717) is 5.69 Å². The summed E-state index contributed by atoms with van der Waals surface area (Å²) in [7, 11) is 3.45. The Morgan fingerprint density at radius 3 is 2.36 bits per heavy atom. The van der Waals surface area contributed by atoms with Crippen molar-refractivity contribution in [1.82, 2.24) is 19.7 Å². The number of anilines is 1. The van der Waals surface area contributed by atoms with E-state index in [0.717, 1.165) is 11.4 Å². The first-order valence-corrected chi connectivity index (χ1v) is 6.92. The molecule has 0 aliphatic rings. The van der Waals surface area contributed by atoms with Crippen LogP contribution in [0.3, 0.4) is 0 Å². The molecule has 0 unspecified atom stereocenters. The van der Waals surface area contributed by atoms with Crippen LogP contribution in [-0.4, -0.2) is 44.6 Å². The highest BCUT2D eigenvalue weighted by molar-refractivity contribution is 6.39. The quantitative estimate of drug-likeness (QED) is 0.866. The maximum absolute atomic E-state index is 11.9. The molecule has 0 spiro atoms. The molecule has 0 saturated carbocycles. The molecular formula is C15H19N5O2. The Bertz CT molecular complexity index is 675. The third-order valence-electron chi connectivity index (χ3n) is 3.40. The van der Waals surface area contributed by atoms with E-state index in [-0.39, 0.29) is 6.04 Å². The molecule has 2 aromatic rings. The molecule has 1 aromatic carbocycles. The number of likely N-dealkylation sites (N-methyl/N-ethyl adjacent to an activating group) is 1. The molecule has 7 heteroatoms.